The van der Waals surface area contributed by atoms with E-state index in [9.17, 15) is 18.0 Å². The molecule has 5 heterocycles. The summed E-state index contributed by atoms with van der Waals surface area (Å²) in [4.78, 5) is 25.6. The van der Waals surface area contributed by atoms with Gasteiger partial charge in [-0.3, -0.25) is 9.67 Å². The highest BCUT2D eigenvalue weighted by molar-refractivity contribution is 5.83. The van der Waals surface area contributed by atoms with Crippen molar-refractivity contribution >= 4 is 22.8 Å². The minimum atomic E-state index is -4.36. The van der Waals surface area contributed by atoms with E-state index in [4.69, 9.17) is 9.72 Å². The van der Waals surface area contributed by atoms with E-state index in [0.717, 1.165) is 28.9 Å². The van der Waals surface area contributed by atoms with Crippen molar-refractivity contribution in [3.63, 3.8) is 0 Å². The lowest BCUT2D eigenvalue weighted by molar-refractivity contribution is -0.142. The lowest BCUT2D eigenvalue weighted by Crippen LogP contribution is -2.39. The Labute approximate surface area is 223 Å². The molecule has 39 heavy (non-hydrogen) atoms. The maximum atomic E-state index is 12.7. The van der Waals surface area contributed by atoms with E-state index < -0.39 is 18.3 Å². The molecule has 0 aromatic carbocycles. The number of pyridine rings is 2. The number of hydrogen-bond donors (Lipinski definition) is 0. The monoisotopic (exact) mass is 542 g/mol. The molecule has 10 nitrogen and oxygen atoms in total. The molecule has 1 saturated heterocycles. The second-order valence-electron chi connectivity index (χ2n) is 10.4. The second kappa shape index (κ2) is 10.2. The summed E-state index contributed by atoms with van der Waals surface area (Å²) in [5.41, 5.74) is 1.10. The minimum absolute atomic E-state index is 0.317. The van der Waals surface area contributed by atoms with E-state index >= 15 is 0 Å². The zero-order valence-corrected chi connectivity index (χ0v) is 21.9. The molecule has 0 atom stereocenters. The number of nitrogens with zero attached hydrogens (tertiary/aromatic N) is 8. The number of anilines is 1. The first-order valence-corrected chi connectivity index (χ1v) is 12.6. The van der Waals surface area contributed by atoms with Crippen LogP contribution in [0.4, 0.5) is 23.8 Å². The third kappa shape index (κ3) is 6.29. The molecule has 0 radical (unpaired) electrons. The number of fused-ring (bicyclic) bond motifs is 1. The molecular weight excluding hydrogens is 513 g/mol. The van der Waals surface area contributed by atoms with Crippen LogP contribution in [0, 0.1) is 0 Å². The summed E-state index contributed by atoms with van der Waals surface area (Å²) < 4.78 is 46.3. The van der Waals surface area contributed by atoms with Crippen molar-refractivity contribution in [1.29, 1.82) is 0 Å². The van der Waals surface area contributed by atoms with E-state index in [-0.39, 0.29) is 6.09 Å². The standard InChI is InChI=1S/C26H29F3N8O2/c1-25(2,3)39-24(38)35-9-5-8-34(10-11-35)22-6-4-7-23(33-22)37-21-12-20(30-13-18(21)14-32-37)19-15-31-36(16-19)17-26(27,28)29/h4,6-7,12-16H,5,8-11,17H2,1-3H3. The largest absolute Gasteiger partial charge is 0.444 e. The number of alkyl halides is 3. The second-order valence-corrected chi connectivity index (χ2v) is 10.4. The van der Waals surface area contributed by atoms with Crippen LogP contribution in [0.25, 0.3) is 28.0 Å². The molecule has 0 N–H and O–H groups in total. The van der Waals surface area contributed by atoms with Crippen LogP contribution >= 0.6 is 0 Å². The number of halogens is 3. The quantitative estimate of drug-likeness (QED) is 0.369. The van der Waals surface area contributed by atoms with E-state index in [2.05, 4.69) is 20.1 Å². The third-order valence-corrected chi connectivity index (χ3v) is 6.13. The third-order valence-electron chi connectivity index (χ3n) is 6.13. The number of hydrogen-bond acceptors (Lipinski definition) is 7. The van der Waals surface area contributed by atoms with Crippen molar-refractivity contribution in [3.05, 3.63) is 49.1 Å². The number of ether oxygens (including phenoxy) is 1. The predicted octanol–water partition coefficient (Wildman–Crippen LogP) is 4.69. The van der Waals surface area contributed by atoms with Crippen molar-refractivity contribution < 1.29 is 22.7 Å². The fourth-order valence-corrected chi connectivity index (χ4v) is 4.39. The Balaban J connectivity index is 1.36. The molecule has 206 valence electrons. The van der Waals surface area contributed by atoms with Gasteiger partial charge in [-0.15, -0.1) is 0 Å². The van der Waals surface area contributed by atoms with Crippen molar-refractivity contribution in [2.24, 2.45) is 0 Å². The van der Waals surface area contributed by atoms with Gasteiger partial charge in [0.25, 0.3) is 0 Å². The van der Waals surface area contributed by atoms with Gasteiger partial charge in [0.15, 0.2) is 5.82 Å². The summed E-state index contributed by atoms with van der Waals surface area (Å²) in [6.45, 7) is 6.83. The van der Waals surface area contributed by atoms with Gasteiger partial charge in [-0.2, -0.15) is 23.4 Å². The Kier molecular flexibility index (Phi) is 6.91. The molecule has 0 bridgehead atoms. The number of rotatable bonds is 4. The van der Waals surface area contributed by atoms with E-state index in [1.807, 2.05) is 39.0 Å². The zero-order chi connectivity index (χ0) is 27.8. The molecule has 4 aromatic rings. The van der Waals surface area contributed by atoms with Crippen LogP contribution in [0.3, 0.4) is 0 Å². The van der Waals surface area contributed by atoms with Gasteiger partial charge >= 0.3 is 12.3 Å². The van der Waals surface area contributed by atoms with E-state index in [0.29, 0.717) is 42.2 Å². The van der Waals surface area contributed by atoms with Crippen LogP contribution in [0.5, 0.6) is 0 Å². The average molecular weight is 543 g/mol. The number of carbonyl (C=O) groups excluding carboxylic acids is 1. The van der Waals surface area contributed by atoms with Crippen LogP contribution in [0.1, 0.15) is 27.2 Å². The Morgan fingerprint density at radius 3 is 2.56 bits per heavy atom. The first kappa shape index (κ1) is 26.4. The molecule has 0 saturated carbocycles. The first-order valence-electron chi connectivity index (χ1n) is 12.6. The van der Waals surface area contributed by atoms with Crippen molar-refractivity contribution in [2.45, 2.75) is 45.5 Å². The predicted molar refractivity (Wildman–Crippen MR) is 139 cm³/mol. The average Bonchev–Trinajstić information content (AvgIpc) is 3.41. The molecule has 1 amide bonds. The Morgan fingerprint density at radius 2 is 1.79 bits per heavy atom. The lowest BCUT2D eigenvalue weighted by atomic mass is 10.2. The summed E-state index contributed by atoms with van der Waals surface area (Å²) in [6.07, 6.45) is 2.06. The molecule has 0 unspecified atom stereocenters. The Morgan fingerprint density at radius 1 is 1.00 bits per heavy atom. The minimum Gasteiger partial charge on any atom is -0.444 e. The van der Waals surface area contributed by atoms with Gasteiger partial charge in [0.05, 0.1) is 23.6 Å². The fourth-order valence-electron chi connectivity index (χ4n) is 4.39. The summed E-state index contributed by atoms with van der Waals surface area (Å²) in [5, 5.41) is 9.06. The molecule has 4 aromatic heterocycles. The molecule has 0 aliphatic carbocycles. The van der Waals surface area contributed by atoms with E-state index in [1.165, 1.54) is 12.4 Å². The lowest BCUT2D eigenvalue weighted by Gasteiger charge is -2.26. The van der Waals surface area contributed by atoms with Gasteiger partial charge in [-0.05, 0) is 45.4 Å². The zero-order valence-electron chi connectivity index (χ0n) is 21.9. The van der Waals surface area contributed by atoms with E-state index in [1.54, 1.807) is 28.0 Å². The summed E-state index contributed by atoms with van der Waals surface area (Å²) >= 11 is 0. The fraction of sp³-hybridized carbons (Fsp3) is 0.423. The smallest absolute Gasteiger partial charge is 0.410 e. The summed E-state index contributed by atoms with van der Waals surface area (Å²) in [7, 11) is 0. The normalized spacial score (nSPS) is 15.0. The molecule has 1 aliphatic heterocycles. The molecule has 1 aliphatic rings. The van der Waals surface area contributed by atoms with Crippen LogP contribution in [-0.4, -0.2) is 78.5 Å². The number of carbonyl (C=O) groups is 1. The van der Waals surface area contributed by atoms with Crippen molar-refractivity contribution in [3.8, 4) is 17.1 Å². The Hall–Kier alpha value is -4.16. The van der Waals surface area contributed by atoms with Gasteiger partial charge in [0, 0.05) is 49.5 Å². The Bertz CT molecular complexity index is 1470. The molecule has 1 fully saturated rings. The van der Waals surface area contributed by atoms with Crippen molar-refractivity contribution in [1.82, 2.24) is 34.4 Å². The van der Waals surface area contributed by atoms with Gasteiger partial charge in [0.1, 0.15) is 18.0 Å². The highest BCUT2D eigenvalue weighted by Gasteiger charge is 2.28. The highest BCUT2D eigenvalue weighted by Crippen LogP contribution is 2.25. The highest BCUT2D eigenvalue weighted by atomic mass is 19.4. The molecule has 0 spiro atoms. The van der Waals surface area contributed by atoms with Gasteiger partial charge in [-0.25, -0.2) is 14.5 Å². The van der Waals surface area contributed by atoms with Gasteiger partial charge < -0.3 is 14.5 Å². The maximum Gasteiger partial charge on any atom is 0.410 e. The van der Waals surface area contributed by atoms with Crippen LogP contribution in [-0.2, 0) is 11.3 Å². The van der Waals surface area contributed by atoms with Gasteiger partial charge in [-0.1, -0.05) is 6.07 Å². The number of aromatic nitrogens is 6. The topological polar surface area (TPSA) is 94.2 Å². The summed E-state index contributed by atoms with van der Waals surface area (Å²) in [6, 6.07) is 7.41. The SMILES string of the molecule is CC(C)(C)OC(=O)N1CCCN(c2cccc(-n3ncc4cnc(-c5cnn(CC(F)(F)F)c5)cc43)n2)CC1. The van der Waals surface area contributed by atoms with Gasteiger partial charge in [0.2, 0.25) is 0 Å². The molecular formula is C26H29F3N8O2. The maximum absolute atomic E-state index is 12.7. The molecule has 5 rings (SSSR count). The van der Waals surface area contributed by atoms with Crippen LogP contribution in [0.2, 0.25) is 0 Å². The first-order chi connectivity index (χ1) is 18.4. The summed E-state index contributed by atoms with van der Waals surface area (Å²) in [5.74, 6) is 1.34. The number of amides is 1. The van der Waals surface area contributed by atoms with Crippen LogP contribution in [0.15, 0.2) is 49.1 Å². The van der Waals surface area contributed by atoms with Crippen molar-refractivity contribution in [2.75, 3.05) is 31.1 Å². The molecule has 13 heteroatoms. The van der Waals surface area contributed by atoms with Crippen LogP contribution < -0.4 is 4.90 Å².